The fourth-order valence-electron chi connectivity index (χ4n) is 2.47. The minimum atomic E-state index is -0.411. The molecule has 0 spiro atoms. The number of rotatable bonds is 3. The van der Waals surface area contributed by atoms with Gasteiger partial charge in [0.15, 0.2) is 0 Å². The number of aromatic nitrogens is 1. The van der Waals surface area contributed by atoms with Crippen molar-refractivity contribution in [1.82, 2.24) is 10.3 Å². The Hall–Kier alpha value is -3.41. The fourth-order valence-corrected chi connectivity index (χ4v) is 2.47. The smallest absolute Gasteiger partial charge is 0.256 e. The third kappa shape index (κ3) is 3.03. The van der Waals surface area contributed by atoms with Gasteiger partial charge >= 0.3 is 0 Å². The van der Waals surface area contributed by atoms with Gasteiger partial charge in [-0.1, -0.05) is 24.3 Å². The second-order valence-electron chi connectivity index (χ2n) is 5.21. The first-order valence-corrected chi connectivity index (χ1v) is 7.34. The minimum absolute atomic E-state index is 0.243. The molecule has 3 aromatic rings. The number of fused-ring (bicyclic) bond motifs is 1. The predicted octanol–water partition coefficient (Wildman–Crippen LogP) is 2.14. The van der Waals surface area contributed by atoms with Crippen molar-refractivity contribution >= 4 is 28.4 Å². The van der Waals surface area contributed by atoms with Gasteiger partial charge in [-0.15, -0.1) is 0 Å². The number of anilines is 1. The Bertz CT molecular complexity index is 992. The number of para-hydroxylation sites is 1. The van der Waals surface area contributed by atoms with Gasteiger partial charge in [-0.3, -0.25) is 14.4 Å². The normalized spacial score (nSPS) is 10.4. The number of H-pyrrole nitrogens is 1. The van der Waals surface area contributed by atoms with Crippen molar-refractivity contribution < 1.29 is 9.59 Å². The van der Waals surface area contributed by atoms with Crippen molar-refractivity contribution in [3.8, 4) is 0 Å². The second kappa shape index (κ2) is 6.37. The highest BCUT2D eigenvalue weighted by Gasteiger charge is 2.12. The van der Waals surface area contributed by atoms with E-state index < -0.39 is 5.91 Å². The Morgan fingerprint density at radius 1 is 0.958 bits per heavy atom. The van der Waals surface area contributed by atoms with E-state index in [0.29, 0.717) is 22.2 Å². The van der Waals surface area contributed by atoms with E-state index in [4.69, 9.17) is 0 Å². The van der Waals surface area contributed by atoms with Gasteiger partial charge in [0.25, 0.3) is 11.8 Å². The van der Waals surface area contributed by atoms with E-state index in [2.05, 4.69) is 15.6 Å². The molecule has 0 aliphatic rings. The minimum Gasteiger partial charge on any atom is -0.355 e. The van der Waals surface area contributed by atoms with Crippen LogP contribution in [-0.2, 0) is 0 Å². The van der Waals surface area contributed by atoms with Crippen LogP contribution in [0.1, 0.15) is 20.7 Å². The molecule has 24 heavy (non-hydrogen) atoms. The number of carbonyl (C=O) groups is 2. The van der Waals surface area contributed by atoms with E-state index in [1.54, 1.807) is 48.5 Å². The summed E-state index contributed by atoms with van der Waals surface area (Å²) in [6.07, 6.45) is 0. The summed E-state index contributed by atoms with van der Waals surface area (Å²) in [5.41, 5.74) is 1.43. The first-order chi connectivity index (χ1) is 11.6. The van der Waals surface area contributed by atoms with Crippen LogP contribution in [-0.4, -0.2) is 23.8 Å². The van der Waals surface area contributed by atoms with Crippen molar-refractivity contribution in [3.63, 3.8) is 0 Å². The molecule has 0 aliphatic carbocycles. The van der Waals surface area contributed by atoms with Crippen molar-refractivity contribution in [3.05, 3.63) is 76.1 Å². The molecule has 0 bridgehead atoms. The van der Waals surface area contributed by atoms with Gasteiger partial charge in [-0.25, -0.2) is 0 Å². The van der Waals surface area contributed by atoms with Crippen LogP contribution in [0.25, 0.3) is 10.9 Å². The number of hydrogen-bond donors (Lipinski definition) is 3. The Kier molecular flexibility index (Phi) is 4.11. The van der Waals surface area contributed by atoms with E-state index in [1.807, 2.05) is 0 Å². The van der Waals surface area contributed by atoms with Crippen LogP contribution in [0, 0.1) is 0 Å². The van der Waals surface area contributed by atoms with Crippen LogP contribution in [0.2, 0.25) is 0 Å². The average molecular weight is 321 g/mol. The molecule has 1 aromatic heterocycles. The number of amides is 2. The average Bonchev–Trinajstić information content (AvgIpc) is 2.60. The van der Waals surface area contributed by atoms with E-state index in [-0.39, 0.29) is 17.0 Å². The third-order valence-electron chi connectivity index (χ3n) is 3.60. The van der Waals surface area contributed by atoms with Gasteiger partial charge < -0.3 is 15.6 Å². The maximum atomic E-state index is 12.6. The molecular formula is C18H15N3O3. The van der Waals surface area contributed by atoms with E-state index in [9.17, 15) is 14.4 Å². The van der Waals surface area contributed by atoms with Crippen LogP contribution in [0.15, 0.2) is 59.4 Å². The monoisotopic (exact) mass is 321 g/mol. The van der Waals surface area contributed by atoms with Crippen LogP contribution < -0.4 is 16.2 Å². The Morgan fingerprint density at radius 3 is 2.54 bits per heavy atom. The molecule has 0 saturated heterocycles. The maximum Gasteiger partial charge on any atom is 0.256 e. The van der Waals surface area contributed by atoms with Crippen LogP contribution in [0.4, 0.5) is 5.69 Å². The summed E-state index contributed by atoms with van der Waals surface area (Å²) >= 11 is 0. The number of carbonyl (C=O) groups excluding carboxylic acids is 2. The van der Waals surface area contributed by atoms with Crippen molar-refractivity contribution in [2.24, 2.45) is 0 Å². The van der Waals surface area contributed by atoms with E-state index >= 15 is 0 Å². The summed E-state index contributed by atoms with van der Waals surface area (Å²) in [4.78, 5) is 38.7. The lowest BCUT2D eigenvalue weighted by atomic mass is 10.1. The summed E-state index contributed by atoms with van der Waals surface area (Å²) in [6.45, 7) is 0. The molecule has 3 rings (SSSR count). The number of benzene rings is 2. The zero-order chi connectivity index (χ0) is 17.1. The lowest BCUT2D eigenvalue weighted by molar-refractivity contribution is 0.0961. The fraction of sp³-hybridized carbons (Fsp3) is 0.0556. The van der Waals surface area contributed by atoms with Gasteiger partial charge in [0, 0.05) is 35.3 Å². The van der Waals surface area contributed by atoms with Gasteiger partial charge in [0.2, 0.25) is 5.56 Å². The molecule has 2 amide bonds. The Balaban J connectivity index is 1.96. The van der Waals surface area contributed by atoms with Crippen molar-refractivity contribution in [2.45, 2.75) is 0 Å². The van der Waals surface area contributed by atoms with Crippen LogP contribution in [0.5, 0.6) is 0 Å². The SMILES string of the molecule is CNC(=O)c1cccc(NC(=O)c2cc(=O)[nH]c3ccccc23)c1. The van der Waals surface area contributed by atoms with Gasteiger partial charge in [0.1, 0.15) is 0 Å². The highest BCUT2D eigenvalue weighted by atomic mass is 16.2. The second-order valence-corrected chi connectivity index (χ2v) is 5.21. The van der Waals surface area contributed by atoms with Crippen LogP contribution in [0.3, 0.4) is 0 Å². The lowest BCUT2D eigenvalue weighted by Crippen LogP contribution is -2.19. The molecule has 2 aromatic carbocycles. The Morgan fingerprint density at radius 2 is 1.75 bits per heavy atom. The van der Waals surface area contributed by atoms with Crippen LogP contribution >= 0.6 is 0 Å². The molecule has 6 nitrogen and oxygen atoms in total. The maximum absolute atomic E-state index is 12.6. The largest absolute Gasteiger partial charge is 0.355 e. The molecular weight excluding hydrogens is 306 g/mol. The van der Waals surface area contributed by atoms with Gasteiger partial charge in [-0.2, -0.15) is 0 Å². The molecule has 0 radical (unpaired) electrons. The summed E-state index contributed by atoms with van der Waals surface area (Å²) in [5.74, 6) is -0.654. The number of aromatic amines is 1. The first-order valence-electron chi connectivity index (χ1n) is 7.34. The zero-order valence-electron chi connectivity index (χ0n) is 12.9. The molecule has 1 heterocycles. The molecule has 6 heteroatoms. The zero-order valence-corrected chi connectivity index (χ0v) is 12.9. The lowest BCUT2D eigenvalue weighted by Gasteiger charge is -2.09. The molecule has 0 unspecified atom stereocenters. The number of nitrogens with one attached hydrogen (secondary N) is 3. The molecule has 3 N–H and O–H groups in total. The van der Waals surface area contributed by atoms with Gasteiger partial charge in [-0.05, 0) is 24.3 Å². The highest BCUT2D eigenvalue weighted by Crippen LogP contribution is 2.17. The molecule has 0 saturated carbocycles. The third-order valence-corrected chi connectivity index (χ3v) is 3.60. The van der Waals surface area contributed by atoms with Crippen molar-refractivity contribution in [2.75, 3.05) is 12.4 Å². The summed E-state index contributed by atoms with van der Waals surface area (Å²) in [6, 6.07) is 14.9. The highest BCUT2D eigenvalue weighted by molar-refractivity contribution is 6.12. The summed E-state index contributed by atoms with van der Waals surface area (Å²) < 4.78 is 0. The molecule has 0 fully saturated rings. The molecule has 0 atom stereocenters. The topological polar surface area (TPSA) is 91.1 Å². The number of pyridine rings is 1. The first kappa shape index (κ1) is 15.5. The molecule has 120 valence electrons. The summed E-state index contributed by atoms with van der Waals surface area (Å²) in [7, 11) is 1.54. The van der Waals surface area contributed by atoms with E-state index in [0.717, 1.165) is 0 Å². The standard InChI is InChI=1S/C18H15N3O3/c1-19-17(23)11-5-4-6-12(9-11)20-18(24)14-10-16(22)21-15-8-3-2-7-13(14)15/h2-10H,1H3,(H,19,23)(H,20,24)(H,21,22). The Labute approximate surface area is 137 Å². The predicted molar refractivity (Wildman–Crippen MR) is 92.4 cm³/mol. The summed E-state index contributed by atoms with van der Waals surface area (Å²) in [5, 5.41) is 5.90. The van der Waals surface area contributed by atoms with Crippen molar-refractivity contribution in [1.29, 1.82) is 0 Å². The van der Waals surface area contributed by atoms with Gasteiger partial charge in [0.05, 0.1) is 5.56 Å². The number of hydrogen-bond acceptors (Lipinski definition) is 3. The molecule has 0 aliphatic heterocycles. The quantitative estimate of drug-likeness (QED) is 0.690. The van der Waals surface area contributed by atoms with E-state index in [1.165, 1.54) is 13.1 Å².